The van der Waals surface area contributed by atoms with Crippen LogP contribution in [-0.2, 0) is 4.74 Å². The van der Waals surface area contributed by atoms with Crippen LogP contribution >= 0.6 is 0 Å². The lowest BCUT2D eigenvalue weighted by Gasteiger charge is -2.33. The minimum atomic E-state index is -0.186. The van der Waals surface area contributed by atoms with Gasteiger partial charge in [0, 0.05) is 12.8 Å². The summed E-state index contributed by atoms with van der Waals surface area (Å²) in [7, 11) is 0. The van der Waals surface area contributed by atoms with Crippen LogP contribution in [0.1, 0.15) is 16.8 Å². The number of amides is 1. The van der Waals surface area contributed by atoms with E-state index in [2.05, 4.69) is 20.6 Å². The number of carbonyl (C=O) groups excluding carboxylic acids is 1. The van der Waals surface area contributed by atoms with Crippen molar-refractivity contribution in [2.75, 3.05) is 31.7 Å². The third kappa shape index (κ3) is 3.55. The fourth-order valence-electron chi connectivity index (χ4n) is 3.12. The lowest BCUT2D eigenvalue weighted by atomic mass is 10.0. The minimum Gasteiger partial charge on any atom is -0.486 e. The van der Waals surface area contributed by atoms with Crippen LogP contribution in [0.25, 0.3) is 0 Å². The molecule has 0 bridgehead atoms. The van der Waals surface area contributed by atoms with E-state index in [1.165, 1.54) is 6.33 Å². The molecule has 3 heterocycles. The van der Waals surface area contributed by atoms with Gasteiger partial charge in [0.15, 0.2) is 11.5 Å². The molecule has 0 radical (unpaired) electrons. The highest BCUT2D eigenvalue weighted by Crippen LogP contribution is 2.33. The Morgan fingerprint density at radius 1 is 1.12 bits per heavy atom. The van der Waals surface area contributed by atoms with E-state index in [1.807, 2.05) is 0 Å². The van der Waals surface area contributed by atoms with E-state index in [4.69, 9.17) is 14.2 Å². The largest absolute Gasteiger partial charge is 0.486 e. The lowest BCUT2D eigenvalue weighted by Crippen LogP contribution is -2.52. The number of rotatable bonds is 4. The van der Waals surface area contributed by atoms with E-state index in [0.717, 1.165) is 0 Å². The van der Waals surface area contributed by atoms with Gasteiger partial charge in [0.2, 0.25) is 0 Å². The van der Waals surface area contributed by atoms with Crippen molar-refractivity contribution in [3.63, 3.8) is 0 Å². The molecule has 8 heteroatoms. The molecule has 2 N–H and O–H groups in total. The van der Waals surface area contributed by atoms with Gasteiger partial charge in [0.1, 0.15) is 25.4 Å². The first kappa shape index (κ1) is 16.6. The molecule has 8 nitrogen and oxygen atoms in total. The number of benzene rings is 1. The SMILES string of the molecule is O=C(N[C@H]1CCOC[C@H]1Nc1ccncn1)c1cccc2c1OCCO2. The summed E-state index contributed by atoms with van der Waals surface area (Å²) in [5.74, 6) is 1.62. The van der Waals surface area contributed by atoms with Crippen LogP contribution in [0.15, 0.2) is 36.8 Å². The van der Waals surface area contributed by atoms with E-state index in [0.29, 0.717) is 55.7 Å². The number of carbonyl (C=O) groups is 1. The van der Waals surface area contributed by atoms with Crippen molar-refractivity contribution < 1.29 is 19.0 Å². The van der Waals surface area contributed by atoms with Gasteiger partial charge in [-0.15, -0.1) is 0 Å². The number of para-hydroxylation sites is 1. The van der Waals surface area contributed by atoms with Gasteiger partial charge in [-0.3, -0.25) is 4.79 Å². The predicted molar refractivity (Wildman–Crippen MR) is 93.6 cm³/mol. The van der Waals surface area contributed by atoms with Crippen LogP contribution < -0.4 is 20.1 Å². The molecule has 1 fully saturated rings. The average molecular weight is 356 g/mol. The van der Waals surface area contributed by atoms with Crippen LogP contribution in [0.2, 0.25) is 0 Å². The Morgan fingerprint density at radius 2 is 2.04 bits per heavy atom. The van der Waals surface area contributed by atoms with Crippen LogP contribution in [-0.4, -0.2) is 54.4 Å². The summed E-state index contributed by atoms with van der Waals surface area (Å²) in [6, 6.07) is 6.95. The molecule has 0 aliphatic carbocycles. The zero-order valence-electron chi connectivity index (χ0n) is 14.2. The number of fused-ring (bicyclic) bond motifs is 1. The summed E-state index contributed by atoms with van der Waals surface area (Å²) in [5, 5.41) is 6.40. The maximum atomic E-state index is 12.8. The molecule has 2 atom stereocenters. The molecule has 26 heavy (non-hydrogen) atoms. The Balaban J connectivity index is 1.49. The predicted octanol–water partition coefficient (Wildman–Crippen LogP) is 1.25. The number of aromatic nitrogens is 2. The number of hydrogen-bond donors (Lipinski definition) is 2. The summed E-state index contributed by atoms with van der Waals surface area (Å²) in [6.07, 6.45) is 3.86. The highest BCUT2D eigenvalue weighted by atomic mass is 16.6. The van der Waals surface area contributed by atoms with Crippen molar-refractivity contribution in [2.45, 2.75) is 18.5 Å². The summed E-state index contributed by atoms with van der Waals surface area (Å²) in [5.41, 5.74) is 0.481. The Hall–Kier alpha value is -2.87. The molecule has 1 saturated heterocycles. The lowest BCUT2D eigenvalue weighted by molar-refractivity contribution is 0.0617. The monoisotopic (exact) mass is 356 g/mol. The number of anilines is 1. The molecule has 4 rings (SSSR count). The van der Waals surface area contributed by atoms with E-state index in [1.54, 1.807) is 30.5 Å². The highest BCUT2D eigenvalue weighted by molar-refractivity contribution is 5.98. The summed E-state index contributed by atoms with van der Waals surface area (Å²) < 4.78 is 16.8. The summed E-state index contributed by atoms with van der Waals surface area (Å²) in [4.78, 5) is 20.9. The molecule has 0 spiro atoms. The van der Waals surface area contributed by atoms with Crippen molar-refractivity contribution >= 4 is 11.7 Å². The first-order valence-electron chi connectivity index (χ1n) is 8.61. The third-order valence-corrected chi connectivity index (χ3v) is 4.40. The molecule has 1 aromatic heterocycles. The van der Waals surface area contributed by atoms with Gasteiger partial charge in [0.25, 0.3) is 5.91 Å². The van der Waals surface area contributed by atoms with Crippen LogP contribution in [0.3, 0.4) is 0 Å². The molecule has 1 aromatic carbocycles. The number of nitrogens with one attached hydrogen (secondary N) is 2. The Labute approximate surface area is 150 Å². The number of hydrogen-bond acceptors (Lipinski definition) is 7. The number of nitrogens with zero attached hydrogens (tertiary/aromatic N) is 2. The van der Waals surface area contributed by atoms with E-state index < -0.39 is 0 Å². The highest BCUT2D eigenvalue weighted by Gasteiger charge is 2.29. The zero-order chi connectivity index (χ0) is 17.8. The standard InChI is InChI=1S/C18H20N4O4/c23-18(12-2-1-3-15-17(12)26-9-8-25-15)22-13-5-7-24-10-14(13)21-16-4-6-19-11-20-16/h1-4,6,11,13-14H,5,7-10H2,(H,22,23)(H,19,20,21)/t13-,14+/m0/s1. The first-order chi connectivity index (χ1) is 12.8. The Kier molecular flexibility index (Phi) is 4.83. The second kappa shape index (κ2) is 7.57. The fourth-order valence-corrected chi connectivity index (χ4v) is 3.12. The van der Waals surface area contributed by atoms with Crippen LogP contribution in [0.4, 0.5) is 5.82 Å². The molecule has 2 aliphatic heterocycles. The van der Waals surface area contributed by atoms with Gasteiger partial charge >= 0.3 is 0 Å². The van der Waals surface area contributed by atoms with Gasteiger partial charge in [-0.2, -0.15) is 0 Å². The topological polar surface area (TPSA) is 94.6 Å². The van der Waals surface area contributed by atoms with Crippen molar-refractivity contribution in [3.05, 3.63) is 42.4 Å². The molecule has 2 aliphatic rings. The zero-order valence-corrected chi connectivity index (χ0v) is 14.2. The second-order valence-corrected chi connectivity index (χ2v) is 6.12. The van der Waals surface area contributed by atoms with E-state index in [-0.39, 0.29) is 18.0 Å². The van der Waals surface area contributed by atoms with Gasteiger partial charge in [-0.1, -0.05) is 6.07 Å². The fraction of sp³-hybridized carbons (Fsp3) is 0.389. The van der Waals surface area contributed by atoms with Crippen LogP contribution in [0.5, 0.6) is 11.5 Å². The van der Waals surface area contributed by atoms with Gasteiger partial charge in [0.05, 0.1) is 24.3 Å². The van der Waals surface area contributed by atoms with Gasteiger partial charge < -0.3 is 24.8 Å². The number of ether oxygens (including phenoxy) is 3. The van der Waals surface area contributed by atoms with Crippen molar-refractivity contribution in [2.24, 2.45) is 0 Å². The van der Waals surface area contributed by atoms with E-state index in [9.17, 15) is 4.79 Å². The molecule has 136 valence electrons. The van der Waals surface area contributed by atoms with E-state index >= 15 is 0 Å². The minimum absolute atomic E-state index is 0.0840. The normalized spacial score (nSPS) is 21.7. The van der Waals surface area contributed by atoms with Crippen molar-refractivity contribution in [3.8, 4) is 11.5 Å². The van der Waals surface area contributed by atoms with Crippen molar-refractivity contribution in [1.82, 2.24) is 15.3 Å². The summed E-state index contributed by atoms with van der Waals surface area (Å²) in [6.45, 7) is 2.01. The molecular weight excluding hydrogens is 336 g/mol. The van der Waals surface area contributed by atoms with Gasteiger partial charge in [-0.25, -0.2) is 9.97 Å². The average Bonchev–Trinajstić information content (AvgIpc) is 2.70. The van der Waals surface area contributed by atoms with Crippen LogP contribution in [0, 0.1) is 0 Å². The molecule has 0 unspecified atom stereocenters. The quantitative estimate of drug-likeness (QED) is 0.851. The van der Waals surface area contributed by atoms with Crippen molar-refractivity contribution in [1.29, 1.82) is 0 Å². The smallest absolute Gasteiger partial charge is 0.255 e. The third-order valence-electron chi connectivity index (χ3n) is 4.40. The Bertz CT molecular complexity index is 771. The Morgan fingerprint density at radius 3 is 2.92 bits per heavy atom. The first-order valence-corrected chi connectivity index (χ1v) is 8.61. The maximum Gasteiger partial charge on any atom is 0.255 e. The molecular formula is C18H20N4O4. The van der Waals surface area contributed by atoms with Gasteiger partial charge in [-0.05, 0) is 24.6 Å². The molecule has 1 amide bonds. The molecule has 2 aromatic rings. The summed E-state index contributed by atoms with van der Waals surface area (Å²) >= 11 is 0. The molecule has 0 saturated carbocycles. The second-order valence-electron chi connectivity index (χ2n) is 6.12. The maximum absolute atomic E-state index is 12.8.